The number of benzene rings is 1. The van der Waals surface area contributed by atoms with Crippen molar-refractivity contribution in [3.63, 3.8) is 0 Å². The van der Waals surface area contributed by atoms with E-state index in [1.165, 1.54) is 6.07 Å². The molecule has 0 unspecified atom stereocenters. The van der Waals surface area contributed by atoms with Gasteiger partial charge in [-0.25, -0.2) is 14.4 Å². The summed E-state index contributed by atoms with van der Waals surface area (Å²) in [5.74, 6) is -0.447. The summed E-state index contributed by atoms with van der Waals surface area (Å²) < 4.78 is 21.2. The minimum Gasteiger partial charge on any atom is -0.381 e. The molecule has 3 aliphatic rings. The van der Waals surface area contributed by atoms with Crippen molar-refractivity contribution < 1.29 is 13.9 Å². The number of nitrogens with zero attached hydrogens (tertiary/aromatic N) is 6. The van der Waals surface area contributed by atoms with Gasteiger partial charge in [0.05, 0.1) is 17.4 Å². The molecule has 3 fully saturated rings. The molecule has 0 atom stereocenters. The lowest BCUT2D eigenvalue weighted by Gasteiger charge is -2.42. The minimum absolute atomic E-state index is 0.0458. The molecule has 0 aliphatic carbocycles. The van der Waals surface area contributed by atoms with Crippen LogP contribution >= 0.6 is 0 Å². The number of hydrogen-bond acceptors (Lipinski definition) is 10. The summed E-state index contributed by atoms with van der Waals surface area (Å²) in [5, 5.41) is 7.55. The maximum atomic E-state index is 15.6. The molecule has 13 heteroatoms. The Morgan fingerprint density at radius 2 is 1.78 bits per heavy atom. The van der Waals surface area contributed by atoms with Crippen LogP contribution in [0, 0.1) is 5.82 Å². The standard InChI is InChI=1S/C33H41FN10O2/c1-42-12-14-43(15-13-42)23-5-10-44(11-6-23)28-3-2-22(18-26(28)34)39-33-30(31(35)45)40-29(25-19-36-20-27-24(25)4-9-37-27)32(41-33)38-21-7-16-46-17-8-21/h2-4,9,18-21,23,37H,5-8,10-17H2,1H3,(H2,35,45)(H2,38,39,41). The highest BCUT2D eigenvalue weighted by Crippen LogP contribution is 2.35. The second-order valence-corrected chi connectivity index (χ2v) is 12.5. The number of aromatic nitrogens is 4. The number of fused-ring (bicyclic) bond motifs is 1. The maximum Gasteiger partial charge on any atom is 0.271 e. The Labute approximate surface area is 267 Å². The smallest absolute Gasteiger partial charge is 0.271 e. The van der Waals surface area contributed by atoms with Crippen LogP contribution in [0.15, 0.2) is 42.9 Å². The van der Waals surface area contributed by atoms with Gasteiger partial charge >= 0.3 is 0 Å². The van der Waals surface area contributed by atoms with E-state index in [1.807, 2.05) is 12.3 Å². The predicted molar refractivity (Wildman–Crippen MR) is 177 cm³/mol. The molecule has 0 radical (unpaired) electrons. The molecule has 12 nitrogen and oxygen atoms in total. The first kappa shape index (κ1) is 30.3. The van der Waals surface area contributed by atoms with Gasteiger partial charge in [0.2, 0.25) is 0 Å². The number of aromatic amines is 1. The van der Waals surface area contributed by atoms with Crippen molar-refractivity contribution in [3.8, 4) is 11.3 Å². The number of amides is 1. The van der Waals surface area contributed by atoms with E-state index in [1.54, 1.807) is 24.5 Å². The SMILES string of the molecule is CN1CCN(C2CCN(c3ccc(Nc4nc(NC5CCOCC5)c(-c5cncc6[nH]ccc56)nc4C(N)=O)cc3F)CC2)CC1. The molecule has 3 saturated heterocycles. The van der Waals surface area contributed by atoms with Crippen molar-refractivity contribution in [2.75, 3.05) is 75.1 Å². The average molecular weight is 629 g/mol. The number of pyridine rings is 1. The fourth-order valence-electron chi connectivity index (χ4n) is 6.82. The zero-order chi connectivity index (χ0) is 31.6. The highest BCUT2D eigenvalue weighted by Gasteiger charge is 2.28. The van der Waals surface area contributed by atoms with Crippen LogP contribution in [0.5, 0.6) is 0 Å². The fraction of sp³-hybridized carbons (Fsp3) is 0.455. The van der Waals surface area contributed by atoms with Crippen LogP contribution in [0.25, 0.3) is 22.2 Å². The van der Waals surface area contributed by atoms with Gasteiger partial charge in [-0.3, -0.25) is 14.7 Å². The monoisotopic (exact) mass is 628 g/mol. The van der Waals surface area contributed by atoms with E-state index in [4.69, 9.17) is 20.4 Å². The van der Waals surface area contributed by atoms with E-state index in [0.29, 0.717) is 47.7 Å². The normalized spacial score (nSPS) is 19.0. The molecular formula is C33H41FN10O2. The number of hydrogen-bond donors (Lipinski definition) is 4. The Balaban J connectivity index is 1.14. The molecule has 1 amide bonds. The Bertz CT molecular complexity index is 1690. The van der Waals surface area contributed by atoms with Crippen LogP contribution < -0.4 is 21.3 Å². The van der Waals surface area contributed by atoms with Crippen LogP contribution in [0.4, 0.5) is 27.4 Å². The van der Waals surface area contributed by atoms with Gasteiger partial charge in [-0.2, -0.15) is 0 Å². The van der Waals surface area contributed by atoms with Crippen molar-refractivity contribution in [1.29, 1.82) is 0 Å². The summed E-state index contributed by atoms with van der Waals surface area (Å²) in [4.78, 5) is 36.9. The van der Waals surface area contributed by atoms with Crippen LogP contribution in [0.2, 0.25) is 0 Å². The molecule has 0 spiro atoms. The van der Waals surface area contributed by atoms with E-state index in [9.17, 15) is 4.79 Å². The zero-order valence-electron chi connectivity index (χ0n) is 26.1. The van der Waals surface area contributed by atoms with E-state index in [-0.39, 0.29) is 23.4 Å². The summed E-state index contributed by atoms with van der Waals surface area (Å²) >= 11 is 0. The summed E-state index contributed by atoms with van der Waals surface area (Å²) in [6.07, 6.45) is 8.89. The Hall–Kier alpha value is -4.33. The van der Waals surface area contributed by atoms with Gasteiger partial charge in [0.25, 0.3) is 5.91 Å². The first-order valence-corrected chi connectivity index (χ1v) is 16.1. The molecule has 3 aliphatic heterocycles. The van der Waals surface area contributed by atoms with E-state index >= 15 is 4.39 Å². The molecule has 46 heavy (non-hydrogen) atoms. The first-order chi connectivity index (χ1) is 22.4. The van der Waals surface area contributed by atoms with Crippen molar-refractivity contribution in [1.82, 2.24) is 29.7 Å². The number of likely N-dealkylation sites (N-methyl/N-ethyl adjacent to an activating group) is 1. The van der Waals surface area contributed by atoms with E-state index in [2.05, 4.69) is 42.3 Å². The third kappa shape index (κ3) is 6.35. The summed E-state index contributed by atoms with van der Waals surface area (Å²) in [6.45, 7) is 7.28. The summed E-state index contributed by atoms with van der Waals surface area (Å²) in [7, 11) is 2.17. The molecule has 0 bridgehead atoms. The van der Waals surface area contributed by atoms with Crippen molar-refractivity contribution in [3.05, 3.63) is 54.4 Å². The van der Waals surface area contributed by atoms with Gasteiger partial charge in [-0.05, 0) is 57.0 Å². The van der Waals surface area contributed by atoms with Crippen molar-refractivity contribution in [2.24, 2.45) is 5.73 Å². The number of nitrogens with two attached hydrogens (primary N) is 1. The Kier molecular flexibility index (Phi) is 8.69. The lowest BCUT2D eigenvalue weighted by atomic mass is 10.0. The highest BCUT2D eigenvalue weighted by molar-refractivity contribution is 6.00. The number of ether oxygens (including phenoxy) is 1. The Morgan fingerprint density at radius 1 is 1.00 bits per heavy atom. The molecular weight excluding hydrogens is 587 g/mol. The third-order valence-corrected chi connectivity index (χ3v) is 9.49. The molecule has 1 aromatic carbocycles. The number of rotatable bonds is 8. The maximum absolute atomic E-state index is 15.6. The number of piperazine rings is 1. The van der Waals surface area contributed by atoms with Crippen LogP contribution in [-0.4, -0.2) is 107 Å². The number of piperidine rings is 1. The van der Waals surface area contributed by atoms with Crippen LogP contribution in [0.3, 0.4) is 0 Å². The van der Waals surface area contributed by atoms with E-state index < -0.39 is 5.91 Å². The average Bonchev–Trinajstić information content (AvgIpc) is 3.56. The number of primary amides is 1. The first-order valence-electron chi connectivity index (χ1n) is 16.1. The second-order valence-electron chi connectivity index (χ2n) is 12.5. The fourth-order valence-corrected chi connectivity index (χ4v) is 6.82. The number of H-pyrrole nitrogens is 1. The van der Waals surface area contributed by atoms with Crippen LogP contribution in [0.1, 0.15) is 36.2 Å². The molecule has 6 heterocycles. The number of halogens is 1. The van der Waals surface area contributed by atoms with Crippen molar-refractivity contribution in [2.45, 2.75) is 37.8 Å². The van der Waals surface area contributed by atoms with Gasteiger partial charge in [-0.1, -0.05) is 0 Å². The number of carbonyl (C=O) groups excluding carboxylic acids is 1. The zero-order valence-corrected chi connectivity index (χ0v) is 26.1. The molecule has 3 aromatic heterocycles. The molecule has 242 valence electrons. The number of carbonyl (C=O) groups is 1. The lowest BCUT2D eigenvalue weighted by Crippen LogP contribution is -2.52. The van der Waals surface area contributed by atoms with Gasteiger partial charge < -0.3 is 35.9 Å². The highest BCUT2D eigenvalue weighted by atomic mass is 19.1. The Morgan fingerprint density at radius 3 is 2.52 bits per heavy atom. The topological polar surface area (TPSA) is 141 Å². The minimum atomic E-state index is -0.747. The predicted octanol–water partition coefficient (Wildman–Crippen LogP) is 3.81. The summed E-state index contributed by atoms with van der Waals surface area (Å²) in [6, 6.07) is 7.62. The lowest BCUT2D eigenvalue weighted by molar-refractivity contribution is 0.0904. The molecule has 0 saturated carbocycles. The number of anilines is 4. The van der Waals surface area contributed by atoms with Gasteiger partial charge in [0.15, 0.2) is 17.3 Å². The quantitative estimate of drug-likeness (QED) is 0.228. The molecule has 4 aromatic rings. The molecule has 5 N–H and O–H groups in total. The van der Waals surface area contributed by atoms with Crippen molar-refractivity contribution >= 4 is 39.8 Å². The van der Waals surface area contributed by atoms with E-state index in [0.717, 1.165) is 75.9 Å². The largest absolute Gasteiger partial charge is 0.381 e. The van der Waals surface area contributed by atoms with Crippen LogP contribution in [-0.2, 0) is 4.74 Å². The summed E-state index contributed by atoms with van der Waals surface area (Å²) in [5.41, 5.74) is 8.82. The van der Waals surface area contributed by atoms with Gasteiger partial charge in [0.1, 0.15) is 11.5 Å². The van der Waals surface area contributed by atoms with Gasteiger partial charge in [0, 0.05) is 93.6 Å². The number of nitrogens with one attached hydrogen (secondary N) is 3. The third-order valence-electron chi connectivity index (χ3n) is 9.49. The van der Waals surface area contributed by atoms with Gasteiger partial charge in [-0.15, -0.1) is 0 Å². The molecule has 7 rings (SSSR count). The second kappa shape index (κ2) is 13.2.